The molecule has 100 valence electrons. The lowest BCUT2D eigenvalue weighted by Gasteiger charge is -2.20. The number of rotatable bonds is 4. The minimum atomic E-state index is -0.126. The first-order valence-electron chi connectivity index (χ1n) is 7.13. The second-order valence-electron chi connectivity index (χ2n) is 5.59. The predicted molar refractivity (Wildman–Crippen MR) is 77.6 cm³/mol. The molecule has 1 fully saturated rings. The Hall–Kier alpha value is -1.41. The van der Waals surface area contributed by atoms with E-state index in [1.807, 2.05) is 30.3 Å². The number of fused-ring (bicyclic) bond motifs is 1. The van der Waals surface area contributed by atoms with E-state index in [1.165, 1.54) is 12.0 Å². The van der Waals surface area contributed by atoms with Crippen LogP contribution in [0.5, 0.6) is 0 Å². The van der Waals surface area contributed by atoms with Crippen molar-refractivity contribution in [1.82, 2.24) is 5.32 Å². The summed E-state index contributed by atoms with van der Waals surface area (Å²) in [5.74, 6) is 1.33. The van der Waals surface area contributed by atoms with E-state index in [0.717, 1.165) is 23.2 Å². The van der Waals surface area contributed by atoms with Gasteiger partial charge in [0.1, 0.15) is 5.82 Å². The third-order valence-corrected chi connectivity index (χ3v) is 4.26. The molecular formula is C17H20FN. The van der Waals surface area contributed by atoms with E-state index in [-0.39, 0.29) is 5.82 Å². The van der Waals surface area contributed by atoms with Crippen molar-refractivity contribution in [2.45, 2.75) is 26.3 Å². The number of benzene rings is 2. The molecule has 2 aromatic carbocycles. The Balaban J connectivity index is 2.10. The van der Waals surface area contributed by atoms with E-state index in [9.17, 15) is 4.39 Å². The molecule has 2 heteroatoms. The molecule has 0 saturated heterocycles. The van der Waals surface area contributed by atoms with Crippen LogP contribution in [0.3, 0.4) is 0 Å². The molecule has 3 unspecified atom stereocenters. The van der Waals surface area contributed by atoms with Gasteiger partial charge in [0.15, 0.2) is 0 Å². The summed E-state index contributed by atoms with van der Waals surface area (Å²) < 4.78 is 13.9. The number of halogens is 1. The first-order valence-corrected chi connectivity index (χ1v) is 7.13. The maximum atomic E-state index is 13.9. The van der Waals surface area contributed by atoms with Crippen LogP contribution in [0.4, 0.5) is 4.39 Å². The van der Waals surface area contributed by atoms with Crippen molar-refractivity contribution in [2.24, 2.45) is 11.8 Å². The summed E-state index contributed by atoms with van der Waals surface area (Å²) in [4.78, 5) is 0. The van der Waals surface area contributed by atoms with Crippen molar-refractivity contribution < 1.29 is 4.39 Å². The smallest absolute Gasteiger partial charge is 0.131 e. The number of hydrogen-bond donors (Lipinski definition) is 1. The minimum Gasteiger partial charge on any atom is -0.310 e. The Bertz CT molecular complexity index is 593. The lowest BCUT2D eigenvalue weighted by molar-refractivity contribution is 0.478. The lowest BCUT2D eigenvalue weighted by atomic mass is 9.94. The van der Waals surface area contributed by atoms with Crippen molar-refractivity contribution >= 4 is 10.8 Å². The van der Waals surface area contributed by atoms with Gasteiger partial charge in [-0.1, -0.05) is 44.2 Å². The summed E-state index contributed by atoms with van der Waals surface area (Å²) in [6.45, 7) is 5.37. The van der Waals surface area contributed by atoms with Crippen molar-refractivity contribution in [1.29, 1.82) is 0 Å². The highest BCUT2D eigenvalue weighted by Crippen LogP contribution is 2.48. The van der Waals surface area contributed by atoms with Crippen LogP contribution in [0, 0.1) is 17.7 Å². The van der Waals surface area contributed by atoms with Gasteiger partial charge in [-0.05, 0) is 41.8 Å². The Labute approximate surface area is 113 Å². The molecule has 0 spiro atoms. The summed E-state index contributed by atoms with van der Waals surface area (Å²) in [5.41, 5.74) is 1.24. The van der Waals surface area contributed by atoms with E-state index in [4.69, 9.17) is 0 Å². The highest BCUT2D eigenvalue weighted by molar-refractivity contribution is 5.86. The van der Waals surface area contributed by atoms with Gasteiger partial charge >= 0.3 is 0 Å². The molecule has 0 amide bonds. The summed E-state index contributed by atoms with van der Waals surface area (Å²) in [6, 6.07) is 11.7. The van der Waals surface area contributed by atoms with Crippen LogP contribution >= 0.6 is 0 Å². The van der Waals surface area contributed by atoms with Gasteiger partial charge in [-0.3, -0.25) is 0 Å². The molecule has 0 aromatic heterocycles. The SMILES string of the molecule is CCNC(c1ccc(F)c2ccccc12)C1CC1C. The van der Waals surface area contributed by atoms with Gasteiger partial charge < -0.3 is 5.32 Å². The summed E-state index contributed by atoms with van der Waals surface area (Å²) >= 11 is 0. The average Bonchev–Trinajstić information content (AvgIpc) is 3.14. The number of nitrogens with one attached hydrogen (secondary N) is 1. The molecule has 0 bridgehead atoms. The third kappa shape index (κ3) is 2.25. The van der Waals surface area contributed by atoms with Crippen molar-refractivity contribution in [3.05, 3.63) is 47.8 Å². The quantitative estimate of drug-likeness (QED) is 0.861. The van der Waals surface area contributed by atoms with E-state index in [2.05, 4.69) is 19.2 Å². The van der Waals surface area contributed by atoms with Crippen LogP contribution in [0.2, 0.25) is 0 Å². The van der Waals surface area contributed by atoms with Gasteiger partial charge in [0, 0.05) is 11.4 Å². The molecule has 0 heterocycles. The summed E-state index contributed by atoms with van der Waals surface area (Å²) in [6.07, 6.45) is 1.27. The van der Waals surface area contributed by atoms with Gasteiger partial charge in [0.05, 0.1) is 0 Å². The Morgan fingerprint density at radius 1 is 1.21 bits per heavy atom. The molecule has 19 heavy (non-hydrogen) atoms. The second-order valence-corrected chi connectivity index (χ2v) is 5.59. The zero-order valence-corrected chi connectivity index (χ0v) is 11.5. The molecule has 1 aliphatic carbocycles. The van der Waals surface area contributed by atoms with Gasteiger partial charge in [-0.25, -0.2) is 4.39 Å². The van der Waals surface area contributed by atoms with Gasteiger partial charge in [0.25, 0.3) is 0 Å². The Morgan fingerprint density at radius 2 is 1.89 bits per heavy atom. The van der Waals surface area contributed by atoms with Crippen molar-refractivity contribution in [3.8, 4) is 0 Å². The minimum absolute atomic E-state index is 0.126. The molecule has 1 nitrogen and oxygen atoms in total. The monoisotopic (exact) mass is 257 g/mol. The second kappa shape index (κ2) is 4.93. The molecular weight excluding hydrogens is 237 g/mol. The van der Waals surface area contributed by atoms with Crippen molar-refractivity contribution in [2.75, 3.05) is 6.54 Å². The van der Waals surface area contributed by atoms with Gasteiger partial charge in [0.2, 0.25) is 0 Å². The van der Waals surface area contributed by atoms with Crippen LogP contribution in [-0.2, 0) is 0 Å². The van der Waals surface area contributed by atoms with E-state index in [1.54, 1.807) is 6.07 Å². The Kier molecular flexibility index (Phi) is 3.28. The molecule has 1 N–H and O–H groups in total. The normalized spacial score (nSPS) is 23.5. The highest BCUT2D eigenvalue weighted by Gasteiger charge is 2.40. The molecule has 3 rings (SSSR count). The molecule has 3 atom stereocenters. The van der Waals surface area contributed by atoms with Crippen molar-refractivity contribution in [3.63, 3.8) is 0 Å². The maximum absolute atomic E-state index is 13.9. The molecule has 1 aliphatic rings. The van der Waals surface area contributed by atoms with Crippen LogP contribution in [-0.4, -0.2) is 6.54 Å². The number of hydrogen-bond acceptors (Lipinski definition) is 1. The topological polar surface area (TPSA) is 12.0 Å². The zero-order chi connectivity index (χ0) is 13.4. The van der Waals surface area contributed by atoms with E-state index < -0.39 is 0 Å². The largest absolute Gasteiger partial charge is 0.310 e. The fourth-order valence-corrected chi connectivity index (χ4v) is 3.08. The summed E-state index contributed by atoms with van der Waals surface area (Å²) in [7, 11) is 0. The van der Waals surface area contributed by atoms with Gasteiger partial charge in [-0.2, -0.15) is 0 Å². The average molecular weight is 257 g/mol. The Morgan fingerprint density at radius 3 is 2.53 bits per heavy atom. The fourth-order valence-electron chi connectivity index (χ4n) is 3.08. The molecule has 1 saturated carbocycles. The molecule has 0 radical (unpaired) electrons. The molecule has 0 aliphatic heterocycles. The summed E-state index contributed by atoms with van der Waals surface area (Å²) in [5, 5.41) is 5.36. The first-order chi connectivity index (χ1) is 9.22. The predicted octanol–water partition coefficient (Wildman–Crippen LogP) is 4.29. The van der Waals surface area contributed by atoms with Crippen LogP contribution in [0.25, 0.3) is 10.8 Å². The highest BCUT2D eigenvalue weighted by atomic mass is 19.1. The first kappa shape index (κ1) is 12.6. The van der Waals surface area contributed by atoms with Crippen LogP contribution in [0.15, 0.2) is 36.4 Å². The maximum Gasteiger partial charge on any atom is 0.131 e. The third-order valence-electron chi connectivity index (χ3n) is 4.26. The zero-order valence-electron chi connectivity index (χ0n) is 11.5. The van der Waals surface area contributed by atoms with Gasteiger partial charge in [-0.15, -0.1) is 0 Å². The lowest BCUT2D eigenvalue weighted by Crippen LogP contribution is -2.23. The van der Waals surface area contributed by atoms with E-state index in [0.29, 0.717) is 12.0 Å². The van der Waals surface area contributed by atoms with E-state index >= 15 is 0 Å². The fraction of sp³-hybridized carbons (Fsp3) is 0.412. The molecule has 2 aromatic rings. The van der Waals surface area contributed by atoms with Crippen LogP contribution < -0.4 is 5.32 Å². The van der Waals surface area contributed by atoms with Crippen LogP contribution in [0.1, 0.15) is 31.9 Å². The standard InChI is InChI=1S/C17H20FN/c1-3-19-17(15-10-11(15)2)14-8-9-16(18)13-7-5-4-6-12(13)14/h4-9,11,15,17,19H,3,10H2,1-2H3.